The first-order valence-corrected chi connectivity index (χ1v) is 21.7. The van der Waals surface area contributed by atoms with Crippen molar-refractivity contribution in [2.24, 2.45) is 0 Å². The van der Waals surface area contributed by atoms with Crippen molar-refractivity contribution in [2.75, 3.05) is 40.9 Å². The predicted octanol–water partition coefficient (Wildman–Crippen LogP) is 10.6. The van der Waals surface area contributed by atoms with Crippen molar-refractivity contribution in [1.29, 1.82) is 0 Å². The number of allylic oxidation sites excluding steroid dienone is 3. The minimum atomic E-state index is -4.32. The summed E-state index contributed by atoms with van der Waals surface area (Å²) >= 11 is 0. The molecule has 3 N–H and O–H groups in total. The second-order valence-corrected chi connectivity index (χ2v) is 16.5. The smallest absolute Gasteiger partial charge is 0.387 e. The molecule has 49 heavy (non-hydrogen) atoms. The second-order valence-electron chi connectivity index (χ2n) is 15.0. The molecule has 0 fully saturated rings. The number of aliphatic hydroxyl groups excluding tert-OH is 1. The van der Waals surface area contributed by atoms with Crippen LogP contribution in [0.15, 0.2) is 24.3 Å². The van der Waals surface area contributed by atoms with Crippen LogP contribution in [0, 0.1) is 0 Å². The van der Waals surface area contributed by atoms with E-state index in [4.69, 9.17) is 9.05 Å². The van der Waals surface area contributed by atoms with Gasteiger partial charge in [0.25, 0.3) is 0 Å². The van der Waals surface area contributed by atoms with Gasteiger partial charge in [-0.3, -0.25) is 13.8 Å². The first-order valence-electron chi connectivity index (χ1n) is 20.2. The molecule has 0 radical (unpaired) electrons. The fourth-order valence-corrected chi connectivity index (χ4v) is 6.38. The summed E-state index contributed by atoms with van der Waals surface area (Å²) in [6.45, 7) is 4.69. The van der Waals surface area contributed by atoms with E-state index in [0.717, 1.165) is 51.4 Å². The highest BCUT2D eigenvalue weighted by molar-refractivity contribution is 7.47. The van der Waals surface area contributed by atoms with Gasteiger partial charge in [0.15, 0.2) is 0 Å². The van der Waals surface area contributed by atoms with Crippen LogP contribution in [-0.4, -0.2) is 73.4 Å². The summed E-state index contributed by atoms with van der Waals surface area (Å²) in [5.41, 5.74) is 0. The Bertz CT molecular complexity index is 860. The Hall–Kier alpha value is -1.02. The topological polar surface area (TPSA) is 105 Å². The third-order valence-electron chi connectivity index (χ3n) is 8.92. The number of quaternary nitrogens is 1. The molecule has 0 aliphatic heterocycles. The maximum atomic E-state index is 12.6. The van der Waals surface area contributed by atoms with Crippen LogP contribution in [-0.2, 0) is 18.4 Å². The molecule has 3 unspecified atom stereocenters. The number of hydrogen-bond donors (Lipinski definition) is 3. The van der Waals surface area contributed by atoms with Gasteiger partial charge in [-0.05, 0) is 32.1 Å². The fourth-order valence-electron chi connectivity index (χ4n) is 5.64. The molecule has 0 bridgehead atoms. The number of aliphatic hydroxyl groups is 1. The molecule has 0 aliphatic carbocycles. The zero-order valence-electron chi connectivity index (χ0n) is 32.7. The van der Waals surface area contributed by atoms with Crippen molar-refractivity contribution < 1.29 is 32.9 Å². The number of nitrogens with one attached hydrogen (secondary N) is 1. The average Bonchev–Trinajstić information content (AvgIpc) is 3.04. The Balaban J connectivity index is 4.25. The number of likely N-dealkylation sites (N-methyl/N-ethyl adjacent to an activating group) is 1. The van der Waals surface area contributed by atoms with E-state index in [2.05, 4.69) is 31.3 Å². The number of unbranched alkanes of at least 4 members (excludes halogenated alkanes) is 21. The van der Waals surface area contributed by atoms with E-state index in [0.29, 0.717) is 17.4 Å². The molecule has 0 spiro atoms. The van der Waals surface area contributed by atoms with Crippen LogP contribution in [0.3, 0.4) is 0 Å². The summed E-state index contributed by atoms with van der Waals surface area (Å²) in [4.78, 5) is 22.7. The zero-order valence-corrected chi connectivity index (χ0v) is 33.6. The van der Waals surface area contributed by atoms with E-state index in [9.17, 15) is 19.4 Å². The molecule has 0 aromatic carbocycles. The predicted molar refractivity (Wildman–Crippen MR) is 208 cm³/mol. The maximum Gasteiger partial charge on any atom is 0.472 e. The van der Waals surface area contributed by atoms with E-state index >= 15 is 0 Å². The van der Waals surface area contributed by atoms with Gasteiger partial charge in [0.2, 0.25) is 5.91 Å². The number of rotatable bonds is 36. The van der Waals surface area contributed by atoms with Crippen LogP contribution in [0.4, 0.5) is 0 Å². The maximum absolute atomic E-state index is 12.6. The molecule has 0 saturated carbocycles. The Morgan fingerprint density at radius 2 is 1.12 bits per heavy atom. The van der Waals surface area contributed by atoms with Crippen LogP contribution >= 0.6 is 7.82 Å². The lowest BCUT2D eigenvalue weighted by Gasteiger charge is -2.25. The third kappa shape index (κ3) is 35.2. The van der Waals surface area contributed by atoms with Gasteiger partial charge in [-0.15, -0.1) is 0 Å². The number of hydrogen-bond acceptors (Lipinski definition) is 5. The van der Waals surface area contributed by atoms with Crippen LogP contribution in [0.2, 0.25) is 0 Å². The Morgan fingerprint density at radius 3 is 1.63 bits per heavy atom. The highest BCUT2D eigenvalue weighted by Crippen LogP contribution is 2.43. The Kier molecular flexibility index (Phi) is 32.2. The number of phosphoric acid groups is 1. The van der Waals surface area contributed by atoms with Crippen molar-refractivity contribution in [2.45, 2.75) is 187 Å². The largest absolute Gasteiger partial charge is 0.472 e. The van der Waals surface area contributed by atoms with Crippen molar-refractivity contribution in [1.82, 2.24) is 5.32 Å². The molecule has 0 aliphatic rings. The number of amides is 1. The quantitative estimate of drug-likeness (QED) is 0.0258. The first-order chi connectivity index (χ1) is 23.5. The molecule has 9 heteroatoms. The number of nitrogens with zero attached hydrogens (tertiary/aromatic N) is 1. The average molecular weight is 716 g/mol. The number of carbonyl (C=O) groups is 1. The molecular formula is C40H80N2O6P+. The monoisotopic (exact) mass is 716 g/mol. The molecule has 1 amide bonds. The number of phosphoric ester groups is 1. The van der Waals surface area contributed by atoms with Gasteiger partial charge in [0, 0.05) is 6.42 Å². The van der Waals surface area contributed by atoms with Gasteiger partial charge in [-0.1, -0.05) is 160 Å². The summed E-state index contributed by atoms with van der Waals surface area (Å²) in [6.07, 6.45) is 37.3. The molecule has 0 aromatic rings. The summed E-state index contributed by atoms with van der Waals surface area (Å²) in [5, 5.41) is 13.6. The normalized spacial score (nSPS) is 14.8. The molecular weight excluding hydrogens is 635 g/mol. The van der Waals surface area contributed by atoms with Crippen LogP contribution in [0.5, 0.6) is 0 Å². The molecule has 8 nitrogen and oxygen atoms in total. The van der Waals surface area contributed by atoms with Crippen LogP contribution in [0.25, 0.3) is 0 Å². The van der Waals surface area contributed by atoms with Gasteiger partial charge in [-0.2, -0.15) is 0 Å². The molecule has 0 heterocycles. The van der Waals surface area contributed by atoms with Crippen LogP contribution < -0.4 is 5.32 Å². The molecule has 0 saturated heterocycles. The van der Waals surface area contributed by atoms with Gasteiger partial charge in [0.05, 0.1) is 39.9 Å². The molecule has 0 rings (SSSR count). The summed E-state index contributed by atoms with van der Waals surface area (Å²) in [5.74, 6) is -0.201. The van der Waals surface area contributed by atoms with Crippen molar-refractivity contribution in [3.63, 3.8) is 0 Å². The van der Waals surface area contributed by atoms with E-state index < -0.39 is 20.0 Å². The van der Waals surface area contributed by atoms with Crippen molar-refractivity contribution in [3.05, 3.63) is 24.3 Å². The van der Waals surface area contributed by atoms with Crippen molar-refractivity contribution in [3.8, 4) is 0 Å². The summed E-state index contributed by atoms with van der Waals surface area (Å²) in [6, 6.07) is -0.854. The first kappa shape index (κ1) is 48.0. The van der Waals surface area contributed by atoms with Gasteiger partial charge in [-0.25, -0.2) is 4.57 Å². The summed E-state index contributed by atoms with van der Waals surface area (Å²) in [7, 11) is 1.55. The fraction of sp³-hybridized carbons (Fsp3) is 0.875. The van der Waals surface area contributed by atoms with E-state index in [1.807, 2.05) is 27.2 Å². The SMILES string of the molecule is CCCCCCCCCCCCCCCCCC/C=C/CC/C=C/C(O)C(COP(=O)(O)OCC[N+](C)(C)C)NC(=O)CCCCCCC. The Labute approximate surface area is 303 Å². The second kappa shape index (κ2) is 32.9. The summed E-state index contributed by atoms with van der Waals surface area (Å²) < 4.78 is 23.3. The minimum absolute atomic E-state index is 0.0571. The third-order valence-corrected chi connectivity index (χ3v) is 9.91. The van der Waals surface area contributed by atoms with Gasteiger partial charge in [0.1, 0.15) is 13.2 Å². The Morgan fingerprint density at radius 1 is 0.673 bits per heavy atom. The minimum Gasteiger partial charge on any atom is -0.387 e. The standard InChI is InChI=1S/C40H79N2O6P/c1-6-8-10-12-13-14-15-16-17-18-19-20-21-22-23-24-25-26-27-28-30-31-33-39(43)38(41-40(44)34-32-29-11-9-7-2)37-48-49(45,46)47-36-35-42(3,4)5/h26-27,31,33,38-39,43H,6-25,28-30,32,34-37H2,1-5H3,(H-,41,44,45,46)/p+1/b27-26+,33-31+. The van der Waals surface area contributed by atoms with E-state index in [1.54, 1.807) is 6.08 Å². The highest BCUT2D eigenvalue weighted by atomic mass is 31.2. The van der Waals surface area contributed by atoms with E-state index in [-0.39, 0.29) is 19.1 Å². The van der Waals surface area contributed by atoms with Gasteiger partial charge >= 0.3 is 7.82 Å². The molecule has 3 atom stereocenters. The van der Waals surface area contributed by atoms with Crippen LogP contribution in [0.1, 0.15) is 174 Å². The lowest BCUT2D eigenvalue weighted by Crippen LogP contribution is -2.45. The van der Waals surface area contributed by atoms with Crippen molar-refractivity contribution >= 4 is 13.7 Å². The number of carbonyl (C=O) groups excluding carboxylic acids is 1. The lowest BCUT2D eigenvalue weighted by atomic mass is 10.0. The molecule has 0 aromatic heterocycles. The van der Waals surface area contributed by atoms with E-state index in [1.165, 1.54) is 103 Å². The molecule has 290 valence electrons. The van der Waals surface area contributed by atoms with Gasteiger partial charge < -0.3 is 19.8 Å². The zero-order chi connectivity index (χ0) is 36.5. The highest BCUT2D eigenvalue weighted by Gasteiger charge is 2.27. The lowest BCUT2D eigenvalue weighted by molar-refractivity contribution is -0.870.